The van der Waals surface area contributed by atoms with Crippen LogP contribution in [0.25, 0.3) is 22.0 Å². The normalized spacial score (nSPS) is 13.1. The van der Waals surface area contributed by atoms with Crippen molar-refractivity contribution < 1.29 is 22.7 Å². The fourth-order valence-electron chi connectivity index (χ4n) is 5.11. The van der Waals surface area contributed by atoms with E-state index in [0.29, 0.717) is 39.0 Å². The number of halogens is 1. The highest BCUT2D eigenvalue weighted by atomic mass is 32.2. The van der Waals surface area contributed by atoms with Crippen molar-refractivity contribution in [3.63, 3.8) is 0 Å². The van der Waals surface area contributed by atoms with Gasteiger partial charge in [0.2, 0.25) is 0 Å². The van der Waals surface area contributed by atoms with Crippen molar-refractivity contribution in [2.24, 2.45) is 7.05 Å². The van der Waals surface area contributed by atoms with Crippen molar-refractivity contribution in [2.45, 2.75) is 25.8 Å². The summed E-state index contributed by atoms with van der Waals surface area (Å²) < 4.78 is 40.8. The Hall–Kier alpha value is -3.92. The molecule has 2 aromatic carbocycles. The number of carboxylic acids is 1. The minimum atomic E-state index is -3.32. The molecular formula is C26H24FN3O5S. The van der Waals surface area contributed by atoms with E-state index >= 15 is 0 Å². The molecule has 1 aliphatic heterocycles. The maximum Gasteiger partial charge on any atom is 0.352 e. The minimum Gasteiger partial charge on any atom is -0.477 e. The number of carbonyl (C=O) groups is 1. The maximum atomic E-state index is 13.8. The number of anilines is 2. The molecule has 0 amide bonds. The lowest BCUT2D eigenvalue weighted by atomic mass is 9.99. The summed E-state index contributed by atoms with van der Waals surface area (Å²) in [7, 11) is -1.72. The van der Waals surface area contributed by atoms with Gasteiger partial charge in [0.25, 0.3) is 5.56 Å². The fourth-order valence-corrected chi connectivity index (χ4v) is 5.89. The smallest absolute Gasteiger partial charge is 0.352 e. The number of fused-ring (bicyclic) bond motifs is 2. The van der Waals surface area contributed by atoms with Crippen LogP contribution in [0.5, 0.6) is 0 Å². The first-order valence-electron chi connectivity index (χ1n) is 11.3. The quantitative estimate of drug-likeness (QED) is 0.435. The van der Waals surface area contributed by atoms with Crippen molar-refractivity contribution in [1.82, 2.24) is 9.13 Å². The molecule has 0 fully saturated rings. The van der Waals surface area contributed by atoms with Crippen LogP contribution < -0.4 is 10.5 Å². The maximum absolute atomic E-state index is 13.8. The molecule has 0 unspecified atom stereocenters. The molecule has 186 valence electrons. The van der Waals surface area contributed by atoms with Gasteiger partial charge in [-0.15, -0.1) is 0 Å². The molecule has 1 aliphatic rings. The van der Waals surface area contributed by atoms with Gasteiger partial charge in [0.1, 0.15) is 17.0 Å². The highest BCUT2D eigenvalue weighted by Crippen LogP contribution is 2.45. The van der Waals surface area contributed by atoms with E-state index in [0.717, 1.165) is 6.26 Å². The number of rotatable bonds is 5. The molecular weight excluding hydrogens is 485 g/mol. The van der Waals surface area contributed by atoms with Gasteiger partial charge in [-0.25, -0.2) is 17.6 Å². The van der Waals surface area contributed by atoms with E-state index in [4.69, 9.17) is 0 Å². The summed E-state index contributed by atoms with van der Waals surface area (Å²) in [4.78, 5) is 27.6. The Morgan fingerprint density at radius 3 is 2.42 bits per heavy atom. The topological polar surface area (TPSA) is 102 Å². The summed E-state index contributed by atoms with van der Waals surface area (Å²) in [6.45, 7) is 2.17. The number of aromatic nitrogens is 2. The number of nitrogens with zero attached hydrogens (tertiary/aromatic N) is 3. The van der Waals surface area contributed by atoms with Crippen molar-refractivity contribution >= 4 is 38.1 Å². The number of aryl methyl sites for hydroxylation is 2. The molecule has 0 radical (unpaired) electrons. The van der Waals surface area contributed by atoms with Gasteiger partial charge in [0.15, 0.2) is 9.84 Å². The average molecular weight is 510 g/mol. The van der Waals surface area contributed by atoms with E-state index in [2.05, 4.69) is 0 Å². The summed E-state index contributed by atoms with van der Waals surface area (Å²) in [5.74, 6) is -1.73. The van der Waals surface area contributed by atoms with Gasteiger partial charge in [0.05, 0.1) is 12.3 Å². The molecule has 8 nitrogen and oxygen atoms in total. The predicted molar refractivity (Wildman–Crippen MR) is 136 cm³/mol. The first kappa shape index (κ1) is 23.8. The molecule has 1 N–H and O–H groups in total. The molecule has 10 heteroatoms. The SMILES string of the molecule is CCn1c(C(=O)O)c2c3c(cn(C)c(=O)c31)-c1cc(CS(C)(=O)=O)ccc1N(c1ccc(F)cc1)C2. The van der Waals surface area contributed by atoms with E-state index in [-0.39, 0.29) is 35.6 Å². The third kappa shape index (κ3) is 3.78. The molecule has 0 saturated heterocycles. The summed E-state index contributed by atoms with van der Waals surface area (Å²) in [6.07, 6.45) is 2.82. The minimum absolute atomic E-state index is 0.0216. The van der Waals surface area contributed by atoms with Crippen molar-refractivity contribution in [3.8, 4) is 11.1 Å². The largest absolute Gasteiger partial charge is 0.477 e. The van der Waals surface area contributed by atoms with Crippen LogP contribution in [0.2, 0.25) is 0 Å². The molecule has 0 bridgehead atoms. The lowest BCUT2D eigenvalue weighted by molar-refractivity contribution is 0.0684. The number of hydrogen-bond acceptors (Lipinski definition) is 5. The van der Waals surface area contributed by atoms with Crippen LogP contribution in [-0.4, -0.2) is 34.9 Å². The Morgan fingerprint density at radius 1 is 1.11 bits per heavy atom. The van der Waals surface area contributed by atoms with E-state index in [1.165, 1.54) is 21.3 Å². The van der Waals surface area contributed by atoms with Crippen LogP contribution >= 0.6 is 0 Å². The molecule has 0 aliphatic carbocycles. The molecule has 0 saturated carbocycles. The number of aromatic carboxylic acids is 1. The van der Waals surface area contributed by atoms with Crippen molar-refractivity contribution in [2.75, 3.05) is 11.2 Å². The Labute approximate surface area is 206 Å². The fraction of sp³-hybridized carbons (Fsp3) is 0.231. The van der Waals surface area contributed by atoms with Crippen LogP contribution in [0.15, 0.2) is 53.5 Å². The second-order valence-corrected chi connectivity index (χ2v) is 11.2. The monoisotopic (exact) mass is 509 g/mol. The standard InChI is InChI=1S/C26H24FN3O5S/c1-4-29-23(26(32)33)20-13-30(17-8-6-16(27)7-9-17)21-10-5-15(14-36(3,34)35)11-18(21)19-12-28(2)25(31)24(29)22(19)20/h5-12H,4,13-14H2,1-3H3,(H,32,33). The number of benzene rings is 2. The van der Waals surface area contributed by atoms with E-state index in [1.54, 1.807) is 50.5 Å². The van der Waals surface area contributed by atoms with Crippen LogP contribution in [0.3, 0.4) is 0 Å². The zero-order valence-corrected chi connectivity index (χ0v) is 20.8. The summed E-state index contributed by atoms with van der Waals surface area (Å²) in [6, 6.07) is 11.1. The molecule has 0 atom stereocenters. The van der Waals surface area contributed by atoms with Crippen molar-refractivity contribution in [3.05, 3.63) is 81.7 Å². The second-order valence-electron chi connectivity index (χ2n) is 9.04. The first-order chi connectivity index (χ1) is 17.0. The van der Waals surface area contributed by atoms with Gasteiger partial charge >= 0.3 is 5.97 Å². The van der Waals surface area contributed by atoms with Crippen LogP contribution in [0, 0.1) is 5.82 Å². The number of sulfone groups is 1. The third-order valence-corrected chi connectivity index (χ3v) is 7.38. The van der Waals surface area contributed by atoms with E-state index in [9.17, 15) is 27.5 Å². The van der Waals surface area contributed by atoms with Crippen molar-refractivity contribution in [1.29, 1.82) is 0 Å². The molecule has 0 spiro atoms. The highest BCUT2D eigenvalue weighted by molar-refractivity contribution is 7.89. The number of hydrogen-bond donors (Lipinski definition) is 1. The first-order valence-corrected chi connectivity index (χ1v) is 13.4. The Bertz CT molecular complexity index is 1720. The third-order valence-electron chi connectivity index (χ3n) is 6.52. The van der Waals surface area contributed by atoms with Crippen LogP contribution in [0.4, 0.5) is 15.8 Å². The summed E-state index contributed by atoms with van der Waals surface area (Å²) in [5, 5.41) is 10.7. The summed E-state index contributed by atoms with van der Waals surface area (Å²) in [5.41, 5.74) is 3.62. The molecule has 36 heavy (non-hydrogen) atoms. The molecule has 4 aromatic rings. The van der Waals surface area contributed by atoms with Gasteiger partial charge in [-0.3, -0.25) is 4.79 Å². The lowest BCUT2D eigenvalue weighted by Crippen LogP contribution is -2.21. The Kier molecular flexibility index (Phi) is 5.51. The number of pyridine rings is 1. The van der Waals surface area contributed by atoms with Gasteiger partial charge in [0, 0.05) is 59.5 Å². The molecule has 5 rings (SSSR count). The van der Waals surface area contributed by atoms with Crippen LogP contribution in [-0.2, 0) is 35.7 Å². The van der Waals surface area contributed by atoms with Gasteiger partial charge in [-0.05, 0) is 48.9 Å². The molecule has 2 aromatic heterocycles. The Morgan fingerprint density at radius 2 is 1.81 bits per heavy atom. The van der Waals surface area contributed by atoms with Crippen LogP contribution in [0.1, 0.15) is 28.5 Å². The Balaban J connectivity index is 1.94. The highest BCUT2D eigenvalue weighted by Gasteiger charge is 2.32. The lowest BCUT2D eigenvalue weighted by Gasteiger charge is -2.26. The van der Waals surface area contributed by atoms with Gasteiger partial charge in [-0.2, -0.15) is 0 Å². The van der Waals surface area contributed by atoms with Gasteiger partial charge in [-0.1, -0.05) is 6.07 Å². The van der Waals surface area contributed by atoms with Gasteiger partial charge < -0.3 is 19.1 Å². The van der Waals surface area contributed by atoms with E-state index < -0.39 is 21.6 Å². The zero-order valence-electron chi connectivity index (χ0n) is 19.9. The second kappa shape index (κ2) is 8.34. The number of carboxylic acid groups (broad SMARTS) is 1. The predicted octanol–water partition coefficient (Wildman–Crippen LogP) is 4.06. The average Bonchev–Trinajstić information content (AvgIpc) is 3.07. The zero-order chi connectivity index (χ0) is 25.9. The van der Waals surface area contributed by atoms with E-state index in [1.807, 2.05) is 4.90 Å². The molecule has 3 heterocycles. The summed E-state index contributed by atoms with van der Waals surface area (Å²) >= 11 is 0.